The van der Waals surface area contributed by atoms with Crippen molar-refractivity contribution in [2.75, 3.05) is 0 Å². The van der Waals surface area contributed by atoms with Gasteiger partial charge in [0.05, 0.1) is 11.4 Å². The minimum atomic E-state index is -0.448. The van der Waals surface area contributed by atoms with E-state index < -0.39 is 5.82 Å². The molecular weight excluding hydrogens is 267 g/mol. The monoisotopic (exact) mass is 276 g/mol. The van der Waals surface area contributed by atoms with Crippen LogP contribution in [-0.2, 0) is 11.2 Å². The number of rotatable bonds is 2. The Hall–Kier alpha value is -2.07. The van der Waals surface area contributed by atoms with Crippen molar-refractivity contribution in [2.24, 2.45) is 5.73 Å². The molecule has 2 aromatic carbocycles. The van der Waals surface area contributed by atoms with E-state index in [9.17, 15) is 9.18 Å². The molecule has 0 saturated carbocycles. The van der Waals surface area contributed by atoms with Crippen LogP contribution in [0.3, 0.4) is 0 Å². The predicted octanol–water partition coefficient (Wildman–Crippen LogP) is 3.14. The number of H-pyrrole nitrogens is 1. The lowest BCUT2D eigenvalue weighted by molar-refractivity contribution is -0.117. The summed E-state index contributed by atoms with van der Waals surface area (Å²) in [6.07, 6.45) is 0.181. The molecule has 1 aromatic heterocycles. The SMILES string of the molecule is NC(=O)Cc1ccc2c(c1)[nH]c1cc(Cl)c(F)cc12. The van der Waals surface area contributed by atoms with Crippen molar-refractivity contribution in [2.45, 2.75) is 6.42 Å². The highest BCUT2D eigenvalue weighted by Gasteiger charge is 2.09. The molecule has 0 bridgehead atoms. The van der Waals surface area contributed by atoms with Crippen LogP contribution in [0.4, 0.5) is 4.39 Å². The fraction of sp³-hybridized carbons (Fsp3) is 0.0714. The third kappa shape index (κ3) is 2.04. The lowest BCUT2D eigenvalue weighted by Crippen LogP contribution is -2.13. The molecule has 0 spiro atoms. The van der Waals surface area contributed by atoms with Crippen LogP contribution in [0.2, 0.25) is 5.02 Å². The number of nitrogens with two attached hydrogens (primary N) is 1. The van der Waals surface area contributed by atoms with Gasteiger partial charge in [0.15, 0.2) is 0 Å². The second kappa shape index (κ2) is 4.24. The van der Waals surface area contributed by atoms with E-state index in [-0.39, 0.29) is 17.4 Å². The summed E-state index contributed by atoms with van der Waals surface area (Å²) >= 11 is 5.76. The Morgan fingerprint density at radius 2 is 1.95 bits per heavy atom. The number of amides is 1. The standard InChI is InChI=1S/C14H10ClFN2O/c15-10-6-13-9(5-11(10)16)8-2-1-7(4-14(17)19)3-12(8)18-13/h1-3,5-6,18H,4H2,(H2,17,19). The van der Waals surface area contributed by atoms with Gasteiger partial charge in [-0.3, -0.25) is 4.79 Å². The molecule has 3 N–H and O–H groups in total. The molecule has 0 aliphatic rings. The molecule has 5 heteroatoms. The van der Waals surface area contributed by atoms with E-state index in [1.165, 1.54) is 6.07 Å². The zero-order chi connectivity index (χ0) is 13.6. The van der Waals surface area contributed by atoms with Crippen molar-refractivity contribution in [3.63, 3.8) is 0 Å². The predicted molar refractivity (Wildman–Crippen MR) is 73.7 cm³/mol. The molecule has 0 atom stereocenters. The van der Waals surface area contributed by atoms with Gasteiger partial charge < -0.3 is 10.7 Å². The molecule has 0 fully saturated rings. The third-order valence-corrected chi connectivity index (χ3v) is 3.37. The Bertz CT molecular complexity index is 810. The van der Waals surface area contributed by atoms with E-state index in [2.05, 4.69) is 4.98 Å². The van der Waals surface area contributed by atoms with Crippen molar-refractivity contribution in [1.29, 1.82) is 0 Å². The van der Waals surface area contributed by atoms with Crippen LogP contribution >= 0.6 is 11.6 Å². The molecule has 96 valence electrons. The van der Waals surface area contributed by atoms with Gasteiger partial charge in [-0.15, -0.1) is 0 Å². The number of benzene rings is 2. The average Bonchev–Trinajstić information content (AvgIpc) is 2.66. The first-order valence-corrected chi connectivity index (χ1v) is 6.10. The van der Waals surface area contributed by atoms with E-state index in [4.69, 9.17) is 17.3 Å². The average molecular weight is 277 g/mol. The number of aromatic amines is 1. The minimum Gasteiger partial charge on any atom is -0.369 e. The third-order valence-electron chi connectivity index (χ3n) is 3.08. The smallest absolute Gasteiger partial charge is 0.221 e. The van der Waals surface area contributed by atoms with Crippen molar-refractivity contribution < 1.29 is 9.18 Å². The van der Waals surface area contributed by atoms with E-state index in [1.807, 2.05) is 18.2 Å². The number of primary amides is 1. The maximum absolute atomic E-state index is 13.5. The summed E-state index contributed by atoms with van der Waals surface area (Å²) in [4.78, 5) is 14.1. The Labute approximate surface area is 113 Å². The number of carbonyl (C=O) groups excluding carboxylic acids is 1. The quantitative estimate of drug-likeness (QED) is 0.742. The van der Waals surface area contributed by atoms with Gasteiger partial charge in [0.25, 0.3) is 0 Å². The maximum atomic E-state index is 13.5. The molecule has 1 heterocycles. The fourth-order valence-corrected chi connectivity index (χ4v) is 2.42. The van der Waals surface area contributed by atoms with Gasteiger partial charge in [0, 0.05) is 21.8 Å². The first-order chi connectivity index (χ1) is 9.04. The normalized spacial score (nSPS) is 11.3. The summed E-state index contributed by atoms with van der Waals surface area (Å²) in [6, 6.07) is 8.46. The Kier molecular flexibility index (Phi) is 2.68. The van der Waals surface area contributed by atoms with E-state index in [0.717, 1.165) is 27.4 Å². The Morgan fingerprint density at radius 1 is 1.21 bits per heavy atom. The molecule has 0 unspecified atom stereocenters. The van der Waals surface area contributed by atoms with Crippen molar-refractivity contribution in [1.82, 2.24) is 4.98 Å². The molecule has 1 amide bonds. The first-order valence-electron chi connectivity index (χ1n) is 5.72. The number of nitrogens with one attached hydrogen (secondary N) is 1. The largest absolute Gasteiger partial charge is 0.369 e. The van der Waals surface area contributed by atoms with Crippen LogP contribution in [0, 0.1) is 5.82 Å². The van der Waals surface area contributed by atoms with Gasteiger partial charge in [-0.1, -0.05) is 23.7 Å². The number of hydrogen-bond acceptors (Lipinski definition) is 1. The summed E-state index contributed by atoms with van der Waals surface area (Å²) in [5, 5.41) is 1.73. The summed E-state index contributed by atoms with van der Waals surface area (Å²) in [5.41, 5.74) is 7.58. The number of halogens is 2. The zero-order valence-corrected chi connectivity index (χ0v) is 10.6. The van der Waals surface area contributed by atoms with Crippen molar-refractivity contribution in [3.8, 4) is 0 Å². The van der Waals surface area contributed by atoms with Crippen LogP contribution in [0.5, 0.6) is 0 Å². The number of carbonyl (C=O) groups is 1. The first kappa shape index (κ1) is 12.0. The van der Waals surface area contributed by atoms with Crippen molar-refractivity contribution >= 4 is 39.3 Å². The lowest BCUT2D eigenvalue weighted by atomic mass is 10.1. The van der Waals surface area contributed by atoms with E-state index in [1.54, 1.807) is 6.07 Å². The second-order valence-electron chi connectivity index (χ2n) is 4.46. The van der Waals surface area contributed by atoms with Crippen LogP contribution < -0.4 is 5.73 Å². The van der Waals surface area contributed by atoms with Crippen LogP contribution in [0.25, 0.3) is 21.8 Å². The summed E-state index contributed by atoms with van der Waals surface area (Å²) in [7, 11) is 0. The second-order valence-corrected chi connectivity index (χ2v) is 4.87. The van der Waals surface area contributed by atoms with Gasteiger partial charge in [-0.25, -0.2) is 4.39 Å². The molecule has 3 aromatic rings. The summed E-state index contributed by atoms with van der Waals surface area (Å²) < 4.78 is 13.5. The Balaban J connectivity index is 2.25. The molecular formula is C14H10ClFN2O. The number of hydrogen-bond donors (Lipinski definition) is 2. The van der Waals surface area contributed by atoms with E-state index in [0.29, 0.717) is 0 Å². The molecule has 0 radical (unpaired) electrons. The summed E-state index contributed by atoms with van der Waals surface area (Å²) in [5.74, 6) is -0.833. The molecule has 0 aliphatic carbocycles. The Morgan fingerprint density at radius 3 is 2.68 bits per heavy atom. The van der Waals surface area contributed by atoms with Crippen LogP contribution in [0.15, 0.2) is 30.3 Å². The highest BCUT2D eigenvalue weighted by atomic mass is 35.5. The van der Waals surface area contributed by atoms with Gasteiger partial charge in [-0.2, -0.15) is 0 Å². The molecule has 0 aliphatic heterocycles. The molecule has 3 nitrogen and oxygen atoms in total. The fourth-order valence-electron chi connectivity index (χ4n) is 2.26. The number of aromatic nitrogens is 1. The highest BCUT2D eigenvalue weighted by molar-refractivity contribution is 6.31. The molecule has 0 saturated heterocycles. The highest BCUT2D eigenvalue weighted by Crippen LogP contribution is 2.30. The zero-order valence-electron chi connectivity index (χ0n) is 9.84. The minimum absolute atomic E-state index is 0.0800. The maximum Gasteiger partial charge on any atom is 0.221 e. The van der Waals surface area contributed by atoms with Gasteiger partial charge in [0.2, 0.25) is 5.91 Å². The topological polar surface area (TPSA) is 58.9 Å². The summed E-state index contributed by atoms with van der Waals surface area (Å²) in [6.45, 7) is 0. The van der Waals surface area contributed by atoms with Crippen LogP contribution in [0.1, 0.15) is 5.56 Å². The van der Waals surface area contributed by atoms with E-state index >= 15 is 0 Å². The van der Waals surface area contributed by atoms with Gasteiger partial charge >= 0.3 is 0 Å². The molecule has 3 rings (SSSR count). The number of fused-ring (bicyclic) bond motifs is 3. The van der Waals surface area contributed by atoms with Gasteiger partial charge in [-0.05, 0) is 23.8 Å². The molecule has 19 heavy (non-hydrogen) atoms. The van der Waals surface area contributed by atoms with Crippen LogP contribution in [-0.4, -0.2) is 10.9 Å². The lowest BCUT2D eigenvalue weighted by Gasteiger charge is -1.98. The van der Waals surface area contributed by atoms with Gasteiger partial charge in [0.1, 0.15) is 5.82 Å². The van der Waals surface area contributed by atoms with Crippen molar-refractivity contribution in [3.05, 3.63) is 46.7 Å².